The first-order chi connectivity index (χ1) is 15.0. The summed E-state index contributed by atoms with van der Waals surface area (Å²) < 4.78 is 2.95. The Hall–Kier alpha value is -2.01. The van der Waals surface area contributed by atoms with Crippen LogP contribution >= 0.6 is 50.4 Å². The lowest BCUT2D eigenvalue weighted by Gasteiger charge is -2.03. The zero-order chi connectivity index (χ0) is 21.8. The molecule has 160 valence electrons. The Morgan fingerprint density at radius 2 is 1.97 bits per heavy atom. The number of rotatable bonds is 8. The first-order valence-corrected chi connectivity index (χ1v) is 13.2. The first-order valence-electron chi connectivity index (χ1n) is 9.64. The third-order valence-electron chi connectivity index (χ3n) is 4.47. The number of thioether (sulfide) groups is 1. The average molecular weight is 535 g/mol. The summed E-state index contributed by atoms with van der Waals surface area (Å²) in [6.45, 7) is 2.18. The van der Waals surface area contributed by atoms with Crippen LogP contribution in [0.4, 0.5) is 5.13 Å². The third kappa shape index (κ3) is 5.43. The van der Waals surface area contributed by atoms with Crippen molar-refractivity contribution in [1.29, 1.82) is 0 Å². The van der Waals surface area contributed by atoms with Gasteiger partial charge in [-0.3, -0.25) is 4.79 Å². The predicted octanol–water partition coefficient (Wildman–Crippen LogP) is 6.11. The van der Waals surface area contributed by atoms with Crippen molar-refractivity contribution in [3.8, 4) is 22.6 Å². The second-order valence-electron chi connectivity index (χ2n) is 6.80. The van der Waals surface area contributed by atoms with E-state index in [0.717, 1.165) is 40.0 Å². The zero-order valence-corrected chi connectivity index (χ0v) is 21.0. The molecule has 3 aromatic heterocycles. The van der Waals surface area contributed by atoms with Gasteiger partial charge in [0.25, 0.3) is 0 Å². The van der Waals surface area contributed by atoms with Crippen molar-refractivity contribution in [2.24, 2.45) is 7.05 Å². The molecule has 0 atom stereocenters. The molecular formula is C21H20BrN5OS3. The highest BCUT2D eigenvalue weighted by Crippen LogP contribution is 2.28. The van der Waals surface area contributed by atoms with Gasteiger partial charge < -0.3 is 9.88 Å². The largest absolute Gasteiger partial charge is 0.305 e. The van der Waals surface area contributed by atoms with E-state index in [1.54, 1.807) is 11.3 Å². The Kier molecular flexibility index (Phi) is 7.21. The lowest BCUT2D eigenvalue weighted by Crippen LogP contribution is -2.14. The Bertz CT molecular complexity index is 1180. The van der Waals surface area contributed by atoms with Crippen LogP contribution in [0.15, 0.2) is 50.7 Å². The maximum atomic E-state index is 12.4. The lowest BCUT2D eigenvalue weighted by atomic mass is 10.2. The van der Waals surface area contributed by atoms with E-state index in [-0.39, 0.29) is 11.7 Å². The van der Waals surface area contributed by atoms with E-state index < -0.39 is 0 Å². The van der Waals surface area contributed by atoms with Crippen molar-refractivity contribution in [2.75, 3.05) is 11.1 Å². The number of anilines is 1. The van der Waals surface area contributed by atoms with Gasteiger partial charge in [-0.25, -0.2) is 4.98 Å². The van der Waals surface area contributed by atoms with E-state index >= 15 is 0 Å². The van der Waals surface area contributed by atoms with Crippen molar-refractivity contribution < 1.29 is 4.79 Å². The van der Waals surface area contributed by atoms with Gasteiger partial charge in [0, 0.05) is 38.3 Å². The fraction of sp³-hybridized carbons (Fsp3) is 0.238. The van der Waals surface area contributed by atoms with Gasteiger partial charge in [-0.15, -0.1) is 32.9 Å². The van der Waals surface area contributed by atoms with Crippen LogP contribution in [0.2, 0.25) is 0 Å². The summed E-state index contributed by atoms with van der Waals surface area (Å²) in [6, 6.07) is 10.1. The van der Waals surface area contributed by atoms with Gasteiger partial charge in [-0.1, -0.05) is 53.2 Å². The van der Waals surface area contributed by atoms with Gasteiger partial charge in [0.15, 0.2) is 16.1 Å². The van der Waals surface area contributed by atoms with E-state index in [1.165, 1.54) is 28.0 Å². The Morgan fingerprint density at radius 1 is 1.16 bits per heavy atom. The van der Waals surface area contributed by atoms with E-state index in [1.807, 2.05) is 41.3 Å². The van der Waals surface area contributed by atoms with Crippen molar-refractivity contribution >= 4 is 61.4 Å². The molecule has 0 aliphatic carbocycles. The number of carbonyl (C=O) groups is 1. The van der Waals surface area contributed by atoms with Crippen molar-refractivity contribution in [2.45, 2.75) is 24.9 Å². The molecular weight excluding hydrogens is 514 g/mol. The number of amides is 1. The van der Waals surface area contributed by atoms with Crippen LogP contribution in [0.3, 0.4) is 0 Å². The number of benzene rings is 1. The number of carbonyl (C=O) groups excluding carboxylic acids is 1. The molecule has 31 heavy (non-hydrogen) atoms. The first kappa shape index (κ1) is 22.2. The summed E-state index contributed by atoms with van der Waals surface area (Å²) in [5.74, 6) is 0.941. The minimum Gasteiger partial charge on any atom is -0.305 e. The van der Waals surface area contributed by atoms with Crippen LogP contribution in [0.25, 0.3) is 22.6 Å². The third-order valence-corrected chi connectivity index (χ3v) is 7.77. The van der Waals surface area contributed by atoms with Crippen LogP contribution in [-0.4, -0.2) is 31.4 Å². The molecule has 0 aliphatic heterocycles. The number of aromatic nitrogens is 4. The summed E-state index contributed by atoms with van der Waals surface area (Å²) in [5, 5.41) is 16.8. The molecule has 4 rings (SSSR count). The lowest BCUT2D eigenvalue weighted by molar-refractivity contribution is -0.113. The monoisotopic (exact) mass is 533 g/mol. The molecule has 0 fully saturated rings. The highest BCUT2D eigenvalue weighted by Gasteiger charge is 2.15. The highest BCUT2D eigenvalue weighted by molar-refractivity contribution is 9.10. The minimum absolute atomic E-state index is 0.118. The van der Waals surface area contributed by atoms with E-state index in [9.17, 15) is 4.79 Å². The maximum absolute atomic E-state index is 12.4. The number of thiophene rings is 1. The summed E-state index contributed by atoms with van der Waals surface area (Å²) in [5.41, 5.74) is 2.93. The molecule has 0 aliphatic rings. The molecule has 1 aromatic carbocycles. The van der Waals surface area contributed by atoms with Gasteiger partial charge in [0.1, 0.15) is 0 Å². The van der Waals surface area contributed by atoms with E-state index in [4.69, 9.17) is 0 Å². The van der Waals surface area contributed by atoms with Crippen LogP contribution < -0.4 is 5.32 Å². The molecule has 0 saturated carbocycles. The number of nitrogens with zero attached hydrogens (tertiary/aromatic N) is 4. The predicted molar refractivity (Wildman–Crippen MR) is 133 cm³/mol. The van der Waals surface area contributed by atoms with Crippen LogP contribution in [0.5, 0.6) is 0 Å². The normalized spacial score (nSPS) is 11.1. The molecule has 0 unspecified atom stereocenters. The Balaban J connectivity index is 1.35. The molecule has 1 N–H and O–H groups in total. The second kappa shape index (κ2) is 10.1. The number of aryl methyl sites for hydroxylation is 1. The molecule has 4 aromatic rings. The van der Waals surface area contributed by atoms with Crippen LogP contribution in [-0.2, 0) is 18.3 Å². The molecule has 6 nitrogen and oxygen atoms in total. The Labute approximate surface area is 201 Å². The summed E-state index contributed by atoms with van der Waals surface area (Å²) in [7, 11) is 1.93. The molecule has 1 amide bonds. The topological polar surface area (TPSA) is 72.7 Å². The number of thiazole rings is 1. The van der Waals surface area contributed by atoms with Crippen molar-refractivity contribution in [1.82, 2.24) is 19.7 Å². The smallest absolute Gasteiger partial charge is 0.236 e. The standard InChI is InChI=1S/C21H20BrN5OS3/c1-3-4-16-9-14(10-29-16)19-25-26-21(27(19)2)31-12-18(28)24-20-23-17(11-30-20)13-5-7-15(22)8-6-13/h5-11H,3-4,12H2,1-2H3,(H,23,24,28). The summed E-state index contributed by atoms with van der Waals surface area (Å²) in [6.07, 6.45) is 2.20. The summed E-state index contributed by atoms with van der Waals surface area (Å²) in [4.78, 5) is 18.3. The van der Waals surface area contributed by atoms with E-state index in [2.05, 4.69) is 54.8 Å². The Morgan fingerprint density at radius 3 is 2.74 bits per heavy atom. The number of hydrogen-bond donors (Lipinski definition) is 1. The highest BCUT2D eigenvalue weighted by atomic mass is 79.9. The summed E-state index contributed by atoms with van der Waals surface area (Å²) >= 11 is 7.96. The van der Waals surface area contributed by atoms with Gasteiger partial charge in [0.2, 0.25) is 5.91 Å². The number of hydrogen-bond acceptors (Lipinski definition) is 7. The van der Waals surface area contributed by atoms with Gasteiger partial charge in [-0.05, 0) is 24.6 Å². The quantitative estimate of drug-likeness (QED) is 0.276. The second-order valence-corrected chi connectivity index (χ2v) is 10.5. The molecule has 10 heteroatoms. The van der Waals surface area contributed by atoms with Gasteiger partial charge >= 0.3 is 0 Å². The molecule has 3 heterocycles. The number of halogens is 1. The fourth-order valence-corrected chi connectivity index (χ4v) is 5.62. The average Bonchev–Trinajstić information content (AvgIpc) is 3.48. The maximum Gasteiger partial charge on any atom is 0.236 e. The van der Waals surface area contributed by atoms with Crippen LogP contribution in [0, 0.1) is 0 Å². The SMILES string of the molecule is CCCc1cc(-c2nnc(SCC(=O)Nc3nc(-c4ccc(Br)cc4)cs3)n2C)cs1. The van der Waals surface area contributed by atoms with Crippen LogP contribution in [0.1, 0.15) is 18.2 Å². The van der Waals surface area contributed by atoms with Gasteiger partial charge in [-0.2, -0.15) is 0 Å². The minimum atomic E-state index is -0.118. The van der Waals surface area contributed by atoms with Crippen molar-refractivity contribution in [3.05, 3.63) is 50.4 Å². The van der Waals surface area contributed by atoms with Gasteiger partial charge in [0.05, 0.1) is 11.4 Å². The van der Waals surface area contributed by atoms with Crippen molar-refractivity contribution in [3.63, 3.8) is 0 Å². The molecule has 0 saturated heterocycles. The zero-order valence-electron chi connectivity index (χ0n) is 17.0. The molecule has 0 bridgehead atoms. The van der Waals surface area contributed by atoms with E-state index in [0.29, 0.717) is 10.3 Å². The number of nitrogens with one attached hydrogen (secondary N) is 1. The molecule has 0 radical (unpaired) electrons. The fourth-order valence-electron chi connectivity index (χ4n) is 2.94. The molecule has 0 spiro atoms.